The molecule has 2 aromatic carbocycles. The Morgan fingerprint density at radius 1 is 0.829 bits per heavy atom. The fraction of sp³-hybridized carbons (Fsp3) is 0.160. The van der Waals surface area contributed by atoms with Crippen molar-refractivity contribution >= 4 is 32.3 Å². The summed E-state index contributed by atoms with van der Waals surface area (Å²) in [6.45, 7) is 3.82. The van der Waals surface area contributed by atoms with Crippen LogP contribution in [0.3, 0.4) is 0 Å². The van der Waals surface area contributed by atoms with Gasteiger partial charge in [-0.15, -0.1) is 0 Å². The molecule has 1 aliphatic heterocycles. The molecule has 1 saturated heterocycles. The maximum atomic E-state index is 12.1. The average molecular weight is 486 g/mol. The Labute approximate surface area is 202 Å². The van der Waals surface area contributed by atoms with Crippen LogP contribution >= 0.6 is 0 Å². The normalized spacial score (nSPS) is 14.6. The summed E-state index contributed by atoms with van der Waals surface area (Å²) in [4.78, 5) is 11.7. The van der Waals surface area contributed by atoms with E-state index in [9.17, 15) is 8.42 Å². The fourth-order valence-electron chi connectivity index (χ4n) is 4.61. The number of rotatable bonds is 4. The third-order valence-corrected chi connectivity index (χ3v) is 7.33. The molecule has 6 rings (SSSR count). The first kappa shape index (κ1) is 21.7. The third kappa shape index (κ3) is 3.91. The molecule has 0 unspecified atom stereocenters. The first-order chi connectivity index (χ1) is 17.0. The molecule has 3 N–H and O–H groups in total. The Morgan fingerprint density at radius 2 is 1.60 bits per heavy atom. The number of anilines is 1. The summed E-state index contributed by atoms with van der Waals surface area (Å²) in [5, 5.41) is 14.7. The minimum absolute atomic E-state index is 0.0975. The monoisotopic (exact) mass is 485 g/mol. The predicted molar refractivity (Wildman–Crippen MR) is 136 cm³/mol. The highest BCUT2D eigenvalue weighted by Crippen LogP contribution is 2.34. The van der Waals surface area contributed by atoms with E-state index in [-0.39, 0.29) is 4.90 Å². The molecule has 5 aromatic rings. The van der Waals surface area contributed by atoms with E-state index in [1.165, 1.54) is 6.07 Å². The summed E-state index contributed by atoms with van der Waals surface area (Å²) in [5.74, 6) is 0.973. The first-order valence-corrected chi connectivity index (χ1v) is 12.8. The number of aromatic nitrogens is 4. The fourth-order valence-corrected chi connectivity index (χ4v) is 5.35. The molecule has 0 spiro atoms. The molecule has 35 heavy (non-hydrogen) atoms. The zero-order valence-corrected chi connectivity index (χ0v) is 19.6. The number of benzene rings is 2. The van der Waals surface area contributed by atoms with Gasteiger partial charge in [0.25, 0.3) is 0 Å². The van der Waals surface area contributed by atoms with Crippen molar-refractivity contribution < 1.29 is 8.42 Å². The van der Waals surface area contributed by atoms with Crippen LogP contribution in [0.2, 0.25) is 0 Å². The van der Waals surface area contributed by atoms with E-state index in [4.69, 9.17) is 10.1 Å². The van der Waals surface area contributed by atoms with Crippen molar-refractivity contribution in [3.63, 3.8) is 0 Å². The molecule has 0 radical (unpaired) electrons. The lowest BCUT2D eigenvalue weighted by molar-refractivity contribution is 0.585. The van der Waals surface area contributed by atoms with E-state index in [2.05, 4.69) is 26.4 Å². The number of piperazine rings is 1. The third-order valence-electron chi connectivity index (χ3n) is 6.36. The highest BCUT2D eigenvalue weighted by molar-refractivity contribution is 7.89. The van der Waals surface area contributed by atoms with Gasteiger partial charge >= 0.3 is 0 Å². The summed E-state index contributed by atoms with van der Waals surface area (Å²) < 4.78 is 25.9. The maximum Gasteiger partial charge on any atom is 0.238 e. The first-order valence-electron chi connectivity index (χ1n) is 11.3. The summed E-state index contributed by atoms with van der Waals surface area (Å²) in [6, 6.07) is 14.7. The molecular weight excluding hydrogens is 462 g/mol. The molecule has 0 amide bonds. The van der Waals surface area contributed by atoms with Gasteiger partial charge in [-0.05, 0) is 29.1 Å². The molecule has 0 aliphatic carbocycles. The van der Waals surface area contributed by atoms with Crippen LogP contribution in [0, 0.1) is 0 Å². The van der Waals surface area contributed by atoms with Gasteiger partial charge in [0.1, 0.15) is 5.82 Å². The van der Waals surface area contributed by atoms with Crippen molar-refractivity contribution in [3.05, 3.63) is 73.3 Å². The van der Waals surface area contributed by atoms with Crippen LogP contribution in [-0.2, 0) is 10.0 Å². The highest BCUT2D eigenvalue weighted by atomic mass is 32.2. The Hall–Kier alpha value is -3.86. The summed E-state index contributed by atoms with van der Waals surface area (Å²) in [6.07, 6.45) is 7.34. The Balaban J connectivity index is 1.38. The van der Waals surface area contributed by atoms with E-state index in [0.717, 1.165) is 59.6 Å². The van der Waals surface area contributed by atoms with Crippen molar-refractivity contribution in [2.75, 3.05) is 31.1 Å². The SMILES string of the molecule is NS(=O)(=O)c1ccc(-c2cnn3cc(-c4ccc(N5CCNCC5)nc4)cnc23)c2ccccc12. The lowest BCUT2D eigenvalue weighted by atomic mass is 10.00. The summed E-state index contributed by atoms with van der Waals surface area (Å²) in [7, 11) is -3.85. The molecule has 0 bridgehead atoms. The molecule has 9 nitrogen and oxygen atoms in total. The smallest absolute Gasteiger partial charge is 0.238 e. The second-order valence-electron chi connectivity index (χ2n) is 8.51. The van der Waals surface area contributed by atoms with Gasteiger partial charge < -0.3 is 10.2 Å². The number of fused-ring (bicyclic) bond motifs is 2. The second kappa shape index (κ2) is 8.42. The number of hydrogen-bond acceptors (Lipinski definition) is 7. The van der Waals surface area contributed by atoms with Gasteiger partial charge in [0.15, 0.2) is 5.65 Å². The quantitative estimate of drug-likeness (QED) is 0.402. The molecule has 3 aromatic heterocycles. The number of pyridine rings is 1. The highest BCUT2D eigenvalue weighted by Gasteiger charge is 2.18. The summed E-state index contributed by atoms with van der Waals surface area (Å²) >= 11 is 0. The minimum atomic E-state index is -3.85. The van der Waals surface area contributed by atoms with Crippen molar-refractivity contribution in [3.8, 4) is 22.3 Å². The van der Waals surface area contributed by atoms with Crippen LogP contribution in [0.5, 0.6) is 0 Å². The zero-order chi connectivity index (χ0) is 24.0. The van der Waals surface area contributed by atoms with Gasteiger partial charge in [0, 0.05) is 66.8 Å². The summed E-state index contributed by atoms with van der Waals surface area (Å²) in [5.41, 5.74) is 4.18. The Kier molecular flexibility index (Phi) is 5.21. The number of hydrogen-bond donors (Lipinski definition) is 2. The standard InChI is InChI=1S/C25H23N7O2S/c26-35(33,34)23-7-6-20(19-3-1-2-4-21(19)23)22-15-30-32-16-18(14-29-25(22)32)17-5-8-24(28-13-17)31-11-9-27-10-12-31/h1-8,13-16,27H,9-12H2,(H2,26,33,34). The van der Waals surface area contributed by atoms with Gasteiger partial charge in [-0.2, -0.15) is 5.10 Å². The van der Waals surface area contributed by atoms with E-state index >= 15 is 0 Å². The van der Waals surface area contributed by atoms with E-state index in [1.54, 1.807) is 28.9 Å². The van der Waals surface area contributed by atoms with Gasteiger partial charge in [0.05, 0.1) is 11.1 Å². The average Bonchev–Trinajstić information content (AvgIpc) is 3.31. The van der Waals surface area contributed by atoms with Gasteiger partial charge in [0.2, 0.25) is 10.0 Å². The van der Waals surface area contributed by atoms with Crippen molar-refractivity contribution in [1.82, 2.24) is 24.9 Å². The van der Waals surface area contributed by atoms with E-state index in [1.807, 2.05) is 36.8 Å². The molecule has 10 heteroatoms. The van der Waals surface area contributed by atoms with Gasteiger partial charge in [-0.3, -0.25) is 0 Å². The number of primary sulfonamides is 1. The second-order valence-corrected chi connectivity index (χ2v) is 10.0. The number of sulfonamides is 1. The van der Waals surface area contributed by atoms with Crippen molar-refractivity contribution in [1.29, 1.82) is 0 Å². The lowest BCUT2D eigenvalue weighted by Gasteiger charge is -2.28. The number of nitrogens with zero attached hydrogens (tertiary/aromatic N) is 5. The van der Waals surface area contributed by atoms with Crippen LogP contribution in [0.4, 0.5) is 5.82 Å². The van der Waals surface area contributed by atoms with Gasteiger partial charge in [-0.1, -0.05) is 30.3 Å². The molecule has 4 heterocycles. The topological polar surface area (TPSA) is 119 Å². The zero-order valence-electron chi connectivity index (χ0n) is 18.8. The van der Waals surface area contributed by atoms with Crippen molar-refractivity contribution in [2.24, 2.45) is 5.14 Å². The van der Waals surface area contributed by atoms with Crippen LogP contribution in [0.25, 0.3) is 38.7 Å². The van der Waals surface area contributed by atoms with Crippen LogP contribution in [0.1, 0.15) is 0 Å². The molecule has 0 saturated carbocycles. The largest absolute Gasteiger partial charge is 0.354 e. The van der Waals surface area contributed by atoms with Crippen LogP contribution in [-0.4, -0.2) is 54.2 Å². The molecular formula is C25H23N7O2S. The molecule has 1 aliphatic rings. The maximum absolute atomic E-state index is 12.1. The lowest BCUT2D eigenvalue weighted by Crippen LogP contribution is -2.43. The molecule has 1 fully saturated rings. The van der Waals surface area contributed by atoms with E-state index < -0.39 is 10.0 Å². The predicted octanol–water partition coefficient (Wildman–Crippen LogP) is 2.67. The molecule has 176 valence electrons. The Morgan fingerprint density at radius 3 is 2.34 bits per heavy atom. The molecule has 0 atom stereocenters. The number of nitrogens with one attached hydrogen (secondary N) is 1. The minimum Gasteiger partial charge on any atom is -0.354 e. The van der Waals surface area contributed by atoms with E-state index in [0.29, 0.717) is 11.0 Å². The van der Waals surface area contributed by atoms with Gasteiger partial charge in [-0.25, -0.2) is 28.0 Å². The van der Waals surface area contributed by atoms with Crippen LogP contribution in [0.15, 0.2) is 78.2 Å². The van der Waals surface area contributed by atoms with Crippen molar-refractivity contribution in [2.45, 2.75) is 4.90 Å². The Bertz CT molecular complexity index is 1660. The van der Waals surface area contributed by atoms with Crippen LogP contribution < -0.4 is 15.4 Å². The number of nitrogens with two attached hydrogens (primary N) is 1.